The number of hydrogen-bond donors (Lipinski definition) is 1. The van der Waals surface area contributed by atoms with E-state index in [0.717, 1.165) is 19.3 Å². The maximum atomic E-state index is 10.5. The second kappa shape index (κ2) is 6.58. The highest BCUT2D eigenvalue weighted by molar-refractivity contribution is 5.25. The molecule has 3 unspecified atom stereocenters. The van der Waals surface area contributed by atoms with Crippen molar-refractivity contribution in [2.24, 2.45) is 11.8 Å². The molecular formula is C19H28O. The summed E-state index contributed by atoms with van der Waals surface area (Å²) in [5, 5.41) is 10.5. The van der Waals surface area contributed by atoms with Gasteiger partial charge in [-0.05, 0) is 55.1 Å². The van der Waals surface area contributed by atoms with E-state index >= 15 is 0 Å². The normalized spacial score (nSPS) is 24.6. The molecule has 0 saturated heterocycles. The van der Waals surface area contributed by atoms with Gasteiger partial charge in [0.2, 0.25) is 0 Å². The average molecular weight is 272 g/mol. The molecule has 0 fully saturated rings. The van der Waals surface area contributed by atoms with Gasteiger partial charge in [0, 0.05) is 0 Å². The van der Waals surface area contributed by atoms with Crippen molar-refractivity contribution in [2.45, 2.75) is 59.0 Å². The summed E-state index contributed by atoms with van der Waals surface area (Å²) in [6.07, 6.45) is 5.08. The lowest BCUT2D eigenvalue weighted by atomic mass is 9.79. The maximum Gasteiger partial charge on any atom is 0.0611 e. The second-order valence-corrected chi connectivity index (χ2v) is 6.86. The van der Waals surface area contributed by atoms with Gasteiger partial charge in [-0.15, -0.1) is 0 Å². The minimum Gasteiger partial charge on any atom is -0.392 e. The van der Waals surface area contributed by atoms with Crippen molar-refractivity contribution in [3.63, 3.8) is 0 Å². The molecule has 0 aliphatic heterocycles. The Hall–Kier alpha value is -1.08. The summed E-state index contributed by atoms with van der Waals surface area (Å²) >= 11 is 0. The van der Waals surface area contributed by atoms with E-state index in [9.17, 15) is 5.11 Å². The third kappa shape index (κ3) is 3.96. The van der Waals surface area contributed by atoms with Crippen LogP contribution in [-0.4, -0.2) is 11.2 Å². The first-order valence-corrected chi connectivity index (χ1v) is 7.90. The van der Waals surface area contributed by atoms with Crippen molar-refractivity contribution < 1.29 is 5.11 Å². The minimum atomic E-state index is -0.217. The van der Waals surface area contributed by atoms with Gasteiger partial charge in [-0.2, -0.15) is 0 Å². The van der Waals surface area contributed by atoms with Crippen LogP contribution in [0.5, 0.6) is 0 Å². The molecule has 0 heterocycles. The third-order valence-electron chi connectivity index (χ3n) is 4.46. The van der Waals surface area contributed by atoms with Crippen molar-refractivity contribution in [1.29, 1.82) is 0 Å². The average Bonchev–Trinajstić information content (AvgIpc) is 2.38. The molecule has 0 saturated carbocycles. The van der Waals surface area contributed by atoms with E-state index in [0.29, 0.717) is 17.8 Å². The number of hydrogen-bond acceptors (Lipinski definition) is 1. The predicted octanol–water partition coefficient (Wildman–Crippen LogP) is 4.71. The Bertz CT molecular complexity index is 455. The Morgan fingerprint density at radius 3 is 2.40 bits per heavy atom. The topological polar surface area (TPSA) is 20.2 Å². The standard InChI is InChI=1S/C19H28O/c1-13(2)17-7-5-16(6-8-17)12-19(20)18-10-14(3)9-15(4)11-18/h5-9,13-14,18-20H,10-12H2,1-4H3. The Labute approximate surface area is 123 Å². The molecule has 0 radical (unpaired) electrons. The van der Waals surface area contributed by atoms with Crippen LogP contribution in [0.15, 0.2) is 35.9 Å². The summed E-state index contributed by atoms with van der Waals surface area (Å²) in [5.74, 6) is 1.59. The zero-order valence-electron chi connectivity index (χ0n) is 13.3. The lowest BCUT2D eigenvalue weighted by Crippen LogP contribution is -2.27. The number of allylic oxidation sites excluding steroid dienone is 2. The summed E-state index contributed by atoms with van der Waals surface area (Å²) in [7, 11) is 0. The molecule has 20 heavy (non-hydrogen) atoms. The van der Waals surface area contributed by atoms with Crippen LogP contribution in [0.25, 0.3) is 0 Å². The van der Waals surface area contributed by atoms with E-state index in [4.69, 9.17) is 0 Å². The minimum absolute atomic E-state index is 0.217. The summed E-state index contributed by atoms with van der Waals surface area (Å²) in [6.45, 7) is 8.86. The van der Waals surface area contributed by atoms with Gasteiger partial charge in [-0.1, -0.05) is 56.7 Å². The molecule has 0 spiro atoms. The first kappa shape index (κ1) is 15.3. The van der Waals surface area contributed by atoms with Crippen molar-refractivity contribution in [1.82, 2.24) is 0 Å². The fraction of sp³-hybridized carbons (Fsp3) is 0.579. The Balaban J connectivity index is 1.97. The van der Waals surface area contributed by atoms with Gasteiger partial charge < -0.3 is 5.11 Å². The molecule has 1 heteroatoms. The molecule has 1 aromatic rings. The third-order valence-corrected chi connectivity index (χ3v) is 4.46. The highest BCUT2D eigenvalue weighted by atomic mass is 16.3. The van der Waals surface area contributed by atoms with Crippen LogP contribution >= 0.6 is 0 Å². The smallest absolute Gasteiger partial charge is 0.0611 e. The van der Waals surface area contributed by atoms with Crippen LogP contribution in [-0.2, 0) is 6.42 Å². The Morgan fingerprint density at radius 1 is 1.20 bits per heavy atom. The summed E-state index contributed by atoms with van der Waals surface area (Å²) < 4.78 is 0. The Morgan fingerprint density at radius 2 is 1.85 bits per heavy atom. The molecule has 1 aliphatic carbocycles. The highest BCUT2D eigenvalue weighted by Crippen LogP contribution is 2.31. The molecule has 0 aromatic heterocycles. The molecule has 110 valence electrons. The van der Waals surface area contributed by atoms with E-state index in [1.807, 2.05) is 0 Å². The van der Waals surface area contributed by atoms with Crippen LogP contribution in [0.2, 0.25) is 0 Å². The van der Waals surface area contributed by atoms with Crippen LogP contribution in [0.1, 0.15) is 57.6 Å². The lowest BCUT2D eigenvalue weighted by molar-refractivity contribution is 0.0932. The zero-order valence-corrected chi connectivity index (χ0v) is 13.3. The summed E-state index contributed by atoms with van der Waals surface area (Å²) in [6, 6.07) is 8.74. The molecule has 1 nitrogen and oxygen atoms in total. The monoisotopic (exact) mass is 272 g/mol. The first-order valence-electron chi connectivity index (χ1n) is 7.90. The first-order chi connectivity index (χ1) is 9.45. The fourth-order valence-electron chi connectivity index (χ4n) is 3.34. The number of rotatable bonds is 4. The van der Waals surface area contributed by atoms with Gasteiger partial charge in [0.15, 0.2) is 0 Å². The maximum absolute atomic E-state index is 10.5. The molecule has 2 rings (SSSR count). The molecule has 1 N–H and O–H groups in total. The van der Waals surface area contributed by atoms with Crippen LogP contribution in [0.4, 0.5) is 0 Å². The van der Waals surface area contributed by atoms with Crippen LogP contribution in [0.3, 0.4) is 0 Å². The summed E-state index contributed by atoms with van der Waals surface area (Å²) in [4.78, 5) is 0. The second-order valence-electron chi connectivity index (χ2n) is 6.86. The number of aliphatic hydroxyl groups is 1. The summed E-state index contributed by atoms with van der Waals surface area (Å²) in [5.41, 5.74) is 4.05. The van der Waals surface area contributed by atoms with E-state index in [-0.39, 0.29) is 6.10 Å². The van der Waals surface area contributed by atoms with Crippen molar-refractivity contribution in [3.05, 3.63) is 47.0 Å². The fourth-order valence-corrected chi connectivity index (χ4v) is 3.34. The SMILES string of the molecule is CC1=CC(C)CC(C(O)Cc2ccc(C(C)C)cc2)C1. The molecular weight excluding hydrogens is 244 g/mol. The number of aliphatic hydroxyl groups excluding tert-OH is 1. The van der Waals surface area contributed by atoms with Crippen LogP contribution < -0.4 is 0 Å². The lowest BCUT2D eigenvalue weighted by Gasteiger charge is -2.29. The molecule has 0 amide bonds. The quantitative estimate of drug-likeness (QED) is 0.787. The predicted molar refractivity (Wildman–Crippen MR) is 85.9 cm³/mol. The van der Waals surface area contributed by atoms with Gasteiger partial charge in [-0.3, -0.25) is 0 Å². The molecule has 1 aromatic carbocycles. The van der Waals surface area contributed by atoms with E-state index in [1.54, 1.807) is 0 Å². The van der Waals surface area contributed by atoms with Gasteiger partial charge >= 0.3 is 0 Å². The van der Waals surface area contributed by atoms with Crippen molar-refractivity contribution >= 4 is 0 Å². The highest BCUT2D eigenvalue weighted by Gasteiger charge is 2.24. The van der Waals surface area contributed by atoms with E-state index < -0.39 is 0 Å². The molecule has 3 atom stereocenters. The van der Waals surface area contributed by atoms with Gasteiger partial charge in [0.1, 0.15) is 0 Å². The van der Waals surface area contributed by atoms with Gasteiger partial charge in [-0.25, -0.2) is 0 Å². The van der Waals surface area contributed by atoms with Crippen LogP contribution in [0, 0.1) is 11.8 Å². The zero-order chi connectivity index (χ0) is 14.7. The molecule has 1 aliphatic rings. The van der Waals surface area contributed by atoms with Crippen molar-refractivity contribution in [2.75, 3.05) is 0 Å². The van der Waals surface area contributed by atoms with Gasteiger partial charge in [0.05, 0.1) is 6.10 Å². The van der Waals surface area contributed by atoms with E-state index in [1.165, 1.54) is 16.7 Å². The van der Waals surface area contributed by atoms with Crippen molar-refractivity contribution in [3.8, 4) is 0 Å². The van der Waals surface area contributed by atoms with E-state index in [2.05, 4.69) is 58.0 Å². The largest absolute Gasteiger partial charge is 0.392 e. The van der Waals surface area contributed by atoms with Gasteiger partial charge in [0.25, 0.3) is 0 Å². The molecule has 0 bridgehead atoms. The Kier molecular flexibility index (Phi) is 5.04. The number of benzene rings is 1.